The van der Waals surface area contributed by atoms with Crippen LogP contribution in [0.25, 0.3) is 0 Å². The number of amides is 1. The van der Waals surface area contributed by atoms with Crippen molar-refractivity contribution >= 4 is 27.5 Å². The predicted molar refractivity (Wildman–Crippen MR) is 86.0 cm³/mol. The van der Waals surface area contributed by atoms with Crippen LogP contribution in [0.3, 0.4) is 0 Å². The van der Waals surface area contributed by atoms with Gasteiger partial charge in [-0.2, -0.15) is 0 Å². The average Bonchev–Trinajstić information content (AvgIpc) is 2.50. The van der Waals surface area contributed by atoms with Crippen LogP contribution in [0.1, 0.15) is 5.56 Å². The molecule has 2 rings (SSSR count). The van der Waals surface area contributed by atoms with Gasteiger partial charge in [-0.1, -0.05) is 12.1 Å². The summed E-state index contributed by atoms with van der Waals surface area (Å²) in [6, 6.07) is 12.9. The highest BCUT2D eigenvalue weighted by atomic mass is 79.9. The number of benzene rings is 2. The number of methoxy groups -OCH3 is 2. The molecule has 2 aromatic rings. The first-order valence-corrected chi connectivity index (χ1v) is 7.18. The Bertz CT molecular complexity index is 626. The van der Waals surface area contributed by atoms with Crippen LogP contribution in [0.4, 0.5) is 5.69 Å². The highest BCUT2D eigenvalue weighted by Gasteiger charge is 2.08. The summed E-state index contributed by atoms with van der Waals surface area (Å²) in [6.07, 6.45) is 0.299. The van der Waals surface area contributed by atoms with Crippen LogP contribution in [-0.2, 0) is 11.2 Å². The van der Waals surface area contributed by atoms with Crippen LogP contribution >= 0.6 is 15.9 Å². The molecule has 0 aliphatic carbocycles. The summed E-state index contributed by atoms with van der Waals surface area (Å²) in [6.45, 7) is 0. The van der Waals surface area contributed by atoms with E-state index in [2.05, 4.69) is 21.2 Å². The van der Waals surface area contributed by atoms with E-state index in [9.17, 15) is 4.79 Å². The van der Waals surface area contributed by atoms with Gasteiger partial charge in [0.1, 0.15) is 11.5 Å². The molecule has 0 aliphatic rings. The van der Waals surface area contributed by atoms with Crippen LogP contribution < -0.4 is 14.8 Å². The number of carbonyl (C=O) groups is 1. The quantitative estimate of drug-likeness (QED) is 0.896. The smallest absolute Gasteiger partial charge is 0.228 e. The zero-order valence-electron chi connectivity index (χ0n) is 11.9. The number of hydrogen-bond donors (Lipinski definition) is 1. The van der Waals surface area contributed by atoms with Crippen molar-refractivity contribution in [3.63, 3.8) is 0 Å². The van der Waals surface area contributed by atoms with Crippen molar-refractivity contribution < 1.29 is 14.3 Å². The lowest BCUT2D eigenvalue weighted by Gasteiger charge is -2.09. The molecule has 21 heavy (non-hydrogen) atoms. The molecule has 0 atom stereocenters. The van der Waals surface area contributed by atoms with Crippen molar-refractivity contribution in [1.82, 2.24) is 0 Å². The van der Waals surface area contributed by atoms with Crippen molar-refractivity contribution in [3.8, 4) is 11.5 Å². The van der Waals surface area contributed by atoms with Crippen molar-refractivity contribution in [2.75, 3.05) is 19.5 Å². The number of ether oxygens (including phenoxy) is 2. The van der Waals surface area contributed by atoms with E-state index in [4.69, 9.17) is 9.47 Å². The highest BCUT2D eigenvalue weighted by Crippen LogP contribution is 2.27. The molecule has 5 heteroatoms. The number of halogens is 1. The summed E-state index contributed by atoms with van der Waals surface area (Å²) in [5, 5.41) is 2.86. The Labute approximate surface area is 132 Å². The Hall–Kier alpha value is -2.01. The Balaban J connectivity index is 2.04. The van der Waals surface area contributed by atoms with Crippen molar-refractivity contribution in [3.05, 3.63) is 52.5 Å². The zero-order chi connectivity index (χ0) is 15.2. The summed E-state index contributed by atoms with van der Waals surface area (Å²) in [5.41, 5.74) is 1.61. The van der Waals surface area contributed by atoms with Gasteiger partial charge in [-0.3, -0.25) is 4.79 Å². The van der Waals surface area contributed by atoms with Crippen LogP contribution in [-0.4, -0.2) is 20.1 Å². The molecule has 110 valence electrons. The van der Waals surface area contributed by atoms with E-state index in [0.29, 0.717) is 17.9 Å². The van der Waals surface area contributed by atoms with Crippen molar-refractivity contribution in [1.29, 1.82) is 0 Å². The van der Waals surface area contributed by atoms with Gasteiger partial charge in [-0.15, -0.1) is 0 Å². The molecule has 0 radical (unpaired) electrons. The van der Waals surface area contributed by atoms with E-state index in [-0.39, 0.29) is 5.91 Å². The Morgan fingerprint density at radius 2 is 1.67 bits per heavy atom. The Morgan fingerprint density at radius 1 is 1.05 bits per heavy atom. The van der Waals surface area contributed by atoms with Crippen molar-refractivity contribution in [2.24, 2.45) is 0 Å². The van der Waals surface area contributed by atoms with Crippen LogP contribution in [0.5, 0.6) is 11.5 Å². The van der Waals surface area contributed by atoms with Gasteiger partial charge in [-0.25, -0.2) is 0 Å². The Morgan fingerprint density at radius 3 is 2.29 bits per heavy atom. The second-order valence-electron chi connectivity index (χ2n) is 4.42. The molecule has 0 spiro atoms. The summed E-state index contributed by atoms with van der Waals surface area (Å²) in [4.78, 5) is 12.1. The third-order valence-electron chi connectivity index (χ3n) is 2.97. The normalized spacial score (nSPS) is 10.0. The van der Waals surface area contributed by atoms with E-state index in [1.54, 1.807) is 20.3 Å². The molecule has 0 fully saturated rings. The molecular weight excluding hydrogens is 334 g/mol. The lowest BCUT2D eigenvalue weighted by molar-refractivity contribution is -0.115. The fourth-order valence-corrected chi connectivity index (χ4v) is 2.20. The van der Waals surface area contributed by atoms with Gasteiger partial charge in [0.2, 0.25) is 5.91 Å². The molecule has 4 nitrogen and oxygen atoms in total. The van der Waals surface area contributed by atoms with Gasteiger partial charge in [-0.05, 0) is 45.8 Å². The fraction of sp³-hybridized carbons (Fsp3) is 0.188. The summed E-state index contributed by atoms with van der Waals surface area (Å²) in [5.74, 6) is 1.38. The van der Waals surface area contributed by atoms with E-state index in [0.717, 1.165) is 15.8 Å². The van der Waals surface area contributed by atoms with Crippen LogP contribution in [0.2, 0.25) is 0 Å². The third-order valence-corrected chi connectivity index (χ3v) is 3.66. The molecule has 2 aromatic carbocycles. The number of rotatable bonds is 5. The monoisotopic (exact) mass is 349 g/mol. The SMILES string of the molecule is COc1ccc(CC(=O)Nc2cc(OC)ccc2Br)cc1. The van der Waals surface area contributed by atoms with Gasteiger partial charge in [0.05, 0.1) is 26.3 Å². The van der Waals surface area contributed by atoms with Gasteiger partial charge >= 0.3 is 0 Å². The topological polar surface area (TPSA) is 47.6 Å². The average molecular weight is 350 g/mol. The third kappa shape index (κ3) is 4.23. The largest absolute Gasteiger partial charge is 0.497 e. The predicted octanol–water partition coefficient (Wildman–Crippen LogP) is 3.65. The lowest BCUT2D eigenvalue weighted by atomic mass is 10.1. The minimum Gasteiger partial charge on any atom is -0.497 e. The Kier molecular flexibility index (Phi) is 5.22. The highest BCUT2D eigenvalue weighted by molar-refractivity contribution is 9.10. The minimum atomic E-state index is -0.0888. The van der Waals surface area contributed by atoms with E-state index >= 15 is 0 Å². The number of nitrogens with one attached hydrogen (secondary N) is 1. The first-order chi connectivity index (χ1) is 10.1. The molecule has 1 N–H and O–H groups in total. The molecule has 0 unspecified atom stereocenters. The van der Waals surface area contributed by atoms with E-state index in [1.807, 2.05) is 36.4 Å². The zero-order valence-corrected chi connectivity index (χ0v) is 13.4. The number of hydrogen-bond acceptors (Lipinski definition) is 3. The maximum atomic E-state index is 12.1. The van der Waals surface area contributed by atoms with Crippen molar-refractivity contribution in [2.45, 2.75) is 6.42 Å². The standard InChI is InChI=1S/C16H16BrNO3/c1-20-12-5-3-11(4-6-12)9-16(19)18-15-10-13(21-2)7-8-14(15)17/h3-8,10H,9H2,1-2H3,(H,18,19). The maximum absolute atomic E-state index is 12.1. The summed E-state index contributed by atoms with van der Waals surface area (Å²) < 4.78 is 11.1. The fourth-order valence-electron chi connectivity index (χ4n) is 1.85. The molecule has 0 aromatic heterocycles. The molecule has 0 heterocycles. The number of anilines is 1. The van der Waals surface area contributed by atoms with E-state index in [1.165, 1.54) is 0 Å². The van der Waals surface area contributed by atoms with Gasteiger partial charge in [0, 0.05) is 10.5 Å². The number of carbonyl (C=O) groups excluding carboxylic acids is 1. The summed E-state index contributed by atoms with van der Waals surface area (Å²) >= 11 is 3.41. The molecule has 1 amide bonds. The minimum absolute atomic E-state index is 0.0888. The molecule has 0 bridgehead atoms. The second kappa shape index (κ2) is 7.13. The van der Waals surface area contributed by atoms with E-state index < -0.39 is 0 Å². The lowest BCUT2D eigenvalue weighted by Crippen LogP contribution is -2.14. The first kappa shape index (κ1) is 15.4. The molecule has 0 saturated carbocycles. The van der Waals surface area contributed by atoms with Crippen LogP contribution in [0, 0.1) is 0 Å². The van der Waals surface area contributed by atoms with Gasteiger partial charge < -0.3 is 14.8 Å². The van der Waals surface area contributed by atoms with Gasteiger partial charge in [0.15, 0.2) is 0 Å². The van der Waals surface area contributed by atoms with Crippen LogP contribution in [0.15, 0.2) is 46.9 Å². The second-order valence-corrected chi connectivity index (χ2v) is 5.27. The molecule has 0 aliphatic heterocycles. The summed E-state index contributed by atoms with van der Waals surface area (Å²) in [7, 11) is 3.20. The van der Waals surface area contributed by atoms with Gasteiger partial charge in [0.25, 0.3) is 0 Å². The maximum Gasteiger partial charge on any atom is 0.228 e. The molecule has 0 saturated heterocycles. The molecular formula is C16H16BrNO3. The first-order valence-electron chi connectivity index (χ1n) is 6.38.